The summed E-state index contributed by atoms with van der Waals surface area (Å²) >= 11 is 0. The van der Waals surface area contributed by atoms with Crippen molar-refractivity contribution in [1.29, 1.82) is 0 Å². The Morgan fingerprint density at radius 1 is 1.61 bits per heavy atom. The molecule has 2 heterocycles. The van der Waals surface area contributed by atoms with Crippen LogP contribution in [-0.4, -0.2) is 40.3 Å². The van der Waals surface area contributed by atoms with Crippen LogP contribution in [-0.2, 0) is 11.3 Å². The zero-order valence-corrected chi connectivity index (χ0v) is 9.83. The number of hydrogen-bond acceptors (Lipinski definition) is 4. The van der Waals surface area contributed by atoms with Crippen LogP contribution in [0.3, 0.4) is 0 Å². The SMILES string of the molecule is O=C(O)CC1CCN(C(=O)NCc2ccno2)C1. The molecule has 2 rings (SSSR count). The molecule has 18 heavy (non-hydrogen) atoms. The van der Waals surface area contributed by atoms with Gasteiger partial charge in [-0.3, -0.25) is 4.79 Å². The zero-order valence-electron chi connectivity index (χ0n) is 9.83. The van der Waals surface area contributed by atoms with Gasteiger partial charge < -0.3 is 19.8 Å². The number of urea groups is 1. The highest BCUT2D eigenvalue weighted by atomic mass is 16.5. The van der Waals surface area contributed by atoms with Crippen LogP contribution in [0, 0.1) is 5.92 Å². The number of nitrogens with one attached hydrogen (secondary N) is 1. The van der Waals surface area contributed by atoms with Crippen LogP contribution >= 0.6 is 0 Å². The van der Waals surface area contributed by atoms with Gasteiger partial charge in [-0.25, -0.2) is 4.79 Å². The summed E-state index contributed by atoms with van der Waals surface area (Å²) < 4.78 is 4.86. The largest absolute Gasteiger partial charge is 0.481 e. The number of carbonyl (C=O) groups is 2. The third kappa shape index (κ3) is 3.22. The van der Waals surface area contributed by atoms with Crippen molar-refractivity contribution in [3.8, 4) is 0 Å². The summed E-state index contributed by atoms with van der Waals surface area (Å²) in [6.07, 6.45) is 2.37. The number of likely N-dealkylation sites (tertiary alicyclic amines) is 1. The number of carbonyl (C=O) groups excluding carboxylic acids is 1. The van der Waals surface area contributed by atoms with Gasteiger partial charge in [0.05, 0.1) is 12.7 Å². The minimum atomic E-state index is -0.816. The number of aliphatic carboxylic acids is 1. The van der Waals surface area contributed by atoms with E-state index < -0.39 is 5.97 Å². The standard InChI is InChI=1S/C11H15N3O4/c15-10(16)5-8-2-4-14(7-8)11(17)12-6-9-1-3-13-18-9/h1,3,8H,2,4-7H2,(H,12,17)(H,15,16). The number of carboxylic acids is 1. The average Bonchev–Trinajstić information content (AvgIpc) is 2.95. The molecule has 7 nitrogen and oxygen atoms in total. The molecule has 0 saturated carbocycles. The van der Waals surface area contributed by atoms with E-state index >= 15 is 0 Å². The maximum absolute atomic E-state index is 11.8. The highest BCUT2D eigenvalue weighted by molar-refractivity contribution is 5.74. The third-order valence-electron chi connectivity index (χ3n) is 2.94. The second kappa shape index (κ2) is 5.52. The Morgan fingerprint density at radius 3 is 3.11 bits per heavy atom. The molecule has 0 aliphatic carbocycles. The molecular weight excluding hydrogens is 238 g/mol. The monoisotopic (exact) mass is 253 g/mol. The van der Waals surface area contributed by atoms with Crippen molar-refractivity contribution in [3.63, 3.8) is 0 Å². The summed E-state index contributed by atoms with van der Waals surface area (Å²) in [5, 5.41) is 14.9. The summed E-state index contributed by atoms with van der Waals surface area (Å²) in [6, 6.07) is 1.48. The van der Waals surface area contributed by atoms with Crippen molar-refractivity contribution in [2.75, 3.05) is 13.1 Å². The van der Waals surface area contributed by atoms with E-state index in [9.17, 15) is 9.59 Å². The molecule has 1 unspecified atom stereocenters. The summed E-state index contributed by atoms with van der Waals surface area (Å²) in [5.41, 5.74) is 0. The lowest BCUT2D eigenvalue weighted by Gasteiger charge is -2.16. The third-order valence-corrected chi connectivity index (χ3v) is 2.94. The molecule has 0 aromatic carbocycles. The molecule has 1 saturated heterocycles. The molecule has 2 amide bonds. The van der Waals surface area contributed by atoms with Gasteiger partial charge in [-0.2, -0.15) is 0 Å². The van der Waals surface area contributed by atoms with E-state index in [4.69, 9.17) is 9.63 Å². The summed E-state index contributed by atoms with van der Waals surface area (Å²) in [7, 11) is 0. The molecular formula is C11H15N3O4. The molecule has 2 N–H and O–H groups in total. The zero-order chi connectivity index (χ0) is 13.0. The average molecular weight is 253 g/mol. The Kier molecular flexibility index (Phi) is 3.81. The number of rotatable bonds is 4. The Labute approximate surface area is 104 Å². The predicted molar refractivity (Wildman–Crippen MR) is 60.7 cm³/mol. The minimum Gasteiger partial charge on any atom is -0.481 e. The van der Waals surface area contributed by atoms with Gasteiger partial charge in [0.2, 0.25) is 0 Å². The number of nitrogens with zero attached hydrogens (tertiary/aromatic N) is 2. The molecule has 7 heteroatoms. The van der Waals surface area contributed by atoms with Gasteiger partial charge in [0.25, 0.3) is 0 Å². The minimum absolute atomic E-state index is 0.0542. The Hall–Kier alpha value is -2.05. The molecule has 1 aromatic rings. The maximum Gasteiger partial charge on any atom is 0.317 e. The van der Waals surface area contributed by atoms with Crippen LogP contribution in [0.5, 0.6) is 0 Å². The van der Waals surface area contributed by atoms with Gasteiger partial charge >= 0.3 is 12.0 Å². The van der Waals surface area contributed by atoms with Crippen LogP contribution < -0.4 is 5.32 Å². The highest BCUT2D eigenvalue weighted by Gasteiger charge is 2.27. The molecule has 0 bridgehead atoms. The first-order chi connectivity index (χ1) is 8.65. The fourth-order valence-electron chi connectivity index (χ4n) is 2.04. The molecule has 0 spiro atoms. The van der Waals surface area contributed by atoms with Crippen molar-refractivity contribution in [2.24, 2.45) is 5.92 Å². The lowest BCUT2D eigenvalue weighted by atomic mass is 10.1. The van der Waals surface area contributed by atoms with Gasteiger partial charge in [-0.15, -0.1) is 0 Å². The van der Waals surface area contributed by atoms with Crippen LogP contribution in [0.15, 0.2) is 16.8 Å². The Bertz CT molecular complexity index is 418. The lowest BCUT2D eigenvalue weighted by Crippen LogP contribution is -2.38. The van der Waals surface area contributed by atoms with Gasteiger partial charge in [-0.1, -0.05) is 5.16 Å². The smallest absolute Gasteiger partial charge is 0.317 e. The van der Waals surface area contributed by atoms with Crippen molar-refractivity contribution < 1.29 is 19.2 Å². The Balaban J connectivity index is 1.75. The highest BCUT2D eigenvalue weighted by Crippen LogP contribution is 2.19. The summed E-state index contributed by atoms with van der Waals surface area (Å²) in [5.74, 6) is -0.174. The molecule has 1 aliphatic rings. The number of hydrogen-bond donors (Lipinski definition) is 2. The van der Waals surface area contributed by atoms with E-state index in [1.54, 1.807) is 11.0 Å². The van der Waals surface area contributed by atoms with Crippen molar-refractivity contribution in [3.05, 3.63) is 18.0 Å². The van der Waals surface area contributed by atoms with Crippen LogP contribution in [0.4, 0.5) is 4.79 Å². The first-order valence-electron chi connectivity index (χ1n) is 5.79. The van der Waals surface area contributed by atoms with Gasteiger partial charge in [0.1, 0.15) is 0 Å². The lowest BCUT2D eigenvalue weighted by molar-refractivity contribution is -0.138. The molecule has 1 atom stereocenters. The number of amides is 2. The van der Waals surface area contributed by atoms with Crippen molar-refractivity contribution in [1.82, 2.24) is 15.4 Å². The molecule has 98 valence electrons. The number of aromatic nitrogens is 1. The fourth-order valence-corrected chi connectivity index (χ4v) is 2.04. The molecule has 1 fully saturated rings. The Morgan fingerprint density at radius 2 is 2.44 bits per heavy atom. The number of carboxylic acid groups (broad SMARTS) is 1. The van der Waals surface area contributed by atoms with Crippen molar-refractivity contribution >= 4 is 12.0 Å². The maximum atomic E-state index is 11.8. The van der Waals surface area contributed by atoms with Crippen LogP contribution in [0.25, 0.3) is 0 Å². The fraction of sp³-hybridized carbons (Fsp3) is 0.545. The summed E-state index contributed by atoms with van der Waals surface area (Å²) in [6.45, 7) is 1.38. The van der Waals surface area contributed by atoms with Crippen LogP contribution in [0.2, 0.25) is 0 Å². The van der Waals surface area contributed by atoms with Crippen molar-refractivity contribution in [2.45, 2.75) is 19.4 Å². The van der Waals surface area contributed by atoms with E-state index in [1.807, 2.05) is 0 Å². The van der Waals surface area contributed by atoms with E-state index in [-0.39, 0.29) is 18.4 Å². The normalized spacial score (nSPS) is 18.9. The quantitative estimate of drug-likeness (QED) is 0.822. The van der Waals surface area contributed by atoms with E-state index in [0.717, 1.165) is 6.42 Å². The van der Waals surface area contributed by atoms with E-state index in [0.29, 0.717) is 25.4 Å². The van der Waals surface area contributed by atoms with Gasteiger partial charge in [0, 0.05) is 25.6 Å². The summed E-state index contributed by atoms with van der Waals surface area (Å²) in [4.78, 5) is 24.0. The predicted octanol–water partition coefficient (Wildman–Crippen LogP) is 0.681. The first kappa shape index (κ1) is 12.4. The second-order valence-corrected chi connectivity index (χ2v) is 4.34. The molecule has 1 aromatic heterocycles. The van der Waals surface area contributed by atoms with Gasteiger partial charge in [-0.05, 0) is 12.3 Å². The topological polar surface area (TPSA) is 95.7 Å². The first-order valence-corrected chi connectivity index (χ1v) is 5.79. The van der Waals surface area contributed by atoms with Crippen LogP contribution in [0.1, 0.15) is 18.6 Å². The van der Waals surface area contributed by atoms with Gasteiger partial charge in [0.15, 0.2) is 5.76 Å². The van der Waals surface area contributed by atoms with E-state index in [2.05, 4.69) is 10.5 Å². The van der Waals surface area contributed by atoms with E-state index in [1.165, 1.54) is 6.20 Å². The second-order valence-electron chi connectivity index (χ2n) is 4.34. The molecule has 0 radical (unpaired) electrons. The molecule has 1 aliphatic heterocycles.